The second-order valence-corrected chi connectivity index (χ2v) is 4.73. The number of ether oxygens (including phenoxy) is 1. The maximum atomic E-state index is 12.2. The van der Waals surface area contributed by atoms with Crippen LogP contribution in [0.1, 0.15) is 21.5 Å². The molecule has 4 heteroatoms. The first kappa shape index (κ1) is 13.9. The summed E-state index contributed by atoms with van der Waals surface area (Å²) < 4.78 is 5.25. The summed E-state index contributed by atoms with van der Waals surface area (Å²) >= 11 is 0. The molecule has 0 fully saturated rings. The van der Waals surface area contributed by atoms with E-state index in [0.29, 0.717) is 22.7 Å². The number of carbonyl (C=O) groups excluding carboxylic acids is 1. The molecule has 0 heterocycles. The molecule has 2 aromatic rings. The summed E-state index contributed by atoms with van der Waals surface area (Å²) in [6.45, 7) is 3.84. The van der Waals surface area contributed by atoms with Crippen LogP contribution >= 0.6 is 0 Å². The Morgan fingerprint density at radius 1 is 1.15 bits per heavy atom. The van der Waals surface area contributed by atoms with E-state index in [1.54, 1.807) is 25.3 Å². The Bertz CT molecular complexity index is 651. The Balaban J connectivity index is 2.27. The predicted octanol–water partition coefficient (Wildman–Crippen LogP) is 3.15. The highest BCUT2D eigenvalue weighted by Crippen LogP contribution is 2.26. The molecule has 0 atom stereocenters. The van der Waals surface area contributed by atoms with E-state index in [4.69, 9.17) is 10.5 Å². The van der Waals surface area contributed by atoms with Crippen LogP contribution in [0.15, 0.2) is 36.4 Å². The van der Waals surface area contributed by atoms with Crippen molar-refractivity contribution in [2.24, 2.45) is 0 Å². The zero-order valence-corrected chi connectivity index (χ0v) is 11.9. The van der Waals surface area contributed by atoms with Crippen molar-refractivity contribution >= 4 is 17.3 Å². The number of nitrogens with one attached hydrogen (secondary N) is 1. The number of methoxy groups -OCH3 is 1. The van der Waals surface area contributed by atoms with Gasteiger partial charge in [0.15, 0.2) is 0 Å². The van der Waals surface area contributed by atoms with Crippen LogP contribution in [-0.4, -0.2) is 13.0 Å². The van der Waals surface area contributed by atoms with Gasteiger partial charge in [0.1, 0.15) is 5.75 Å². The number of nitrogen functional groups attached to an aromatic ring is 1. The molecule has 20 heavy (non-hydrogen) atoms. The summed E-state index contributed by atoms with van der Waals surface area (Å²) in [5.41, 5.74) is 9.59. The van der Waals surface area contributed by atoms with Gasteiger partial charge in [-0.1, -0.05) is 6.07 Å². The molecule has 2 aromatic carbocycles. The molecule has 0 aliphatic heterocycles. The van der Waals surface area contributed by atoms with Gasteiger partial charge in [-0.25, -0.2) is 0 Å². The number of benzene rings is 2. The summed E-state index contributed by atoms with van der Waals surface area (Å²) in [6.07, 6.45) is 0. The first-order valence-corrected chi connectivity index (χ1v) is 6.33. The first-order chi connectivity index (χ1) is 9.51. The third-order valence-electron chi connectivity index (χ3n) is 3.14. The number of nitrogens with two attached hydrogens (primary N) is 1. The lowest BCUT2D eigenvalue weighted by Crippen LogP contribution is -2.13. The third kappa shape index (κ3) is 2.91. The highest BCUT2D eigenvalue weighted by Gasteiger charge is 2.10. The van der Waals surface area contributed by atoms with E-state index >= 15 is 0 Å². The van der Waals surface area contributed by atoms with E-state index in [9.17, 15) is 4.79 Å². The number of anilines is 2. The number of hydrogen-bond acceptors (Lipinski definition) is 3. The fraction of sp³-hybridized carbons (Fsp3) is 0.188. The Hall–Kier alpha value is -2.49. The molecule has 4 nitrogen and oxygen atoms in total. The fourth-order valence-corrected chi connectivity index (χ4v) is 1.93. The minimum absolute atomic E-state index is 0.183. The largest absolute Gasteiger partial charge is 0.495 e. The van der Waals surface area contributed by atoms with E-state index in [-0.39, 0.29) is 5.91 Å². The lowest BCUT2D eigenvalue weighted by atomic mass is 10.1. The topological polar surface area (TPSA) is 64.3 Å². The lowest BCUT2D eigenvalue weighted by Gasteiger charge is -2.11. The van der Waals surface area contributed by atoms with Crippen molar-refractivity contribution in [1.29, 1.82) is 0 Å². The summed E-state index contributed by atoms with van der Waals surface area (Å²) in [5, 5.41) is 2.86. The van der Waals surface area contributed by atoms with Gasteiger partial charge in [0.05, 0.1) is 12.8 Å². The molecular weight excluding hydrogens is 252 g/mol. The number of amides is 1. The van der Waals surface area contributed by atoms with Gasteiger partial charge in [-0.3, -0.25) is 4.79 Å². The number of aryl methyl sites for hydroxylation is 2. The smallest absolute Gasteiger partial charge is 0.255 e. The highest BCUT2D eigenvalue weighted by atomic mass is 16.5. The van der Waals surface area contributed by atoms with Crippen molar-refractivity contribution in [2.45, 2.75) is 13.8 Å². The molecule has 0 spiro atoms. The van der Waals surface area contributed by atoms with Crippen LogP contribution in [0.5, 0.6) is 5.75 Å². The molecule has 0 saturated heterocycles. The highest BCUT2D eigenvalue weighted by molar-refractivity contribution is 6.05. The Labute approximate surface area is 118 Å². The molecule has 0 bridgehead atoms. The molecule has 3 N–H and O–H groups in total. The van der Waals surface area contributed by atoms with Gasteiger partial charge in [0, 0.05) is 11.3 Å². The van der Waals surface area contributed by atoms with Gasteiger partial charge >= 0.3 is 0 Å². The Morgan fingerprint density at radius 2 is 1.90 bits per heavy atom. The predicted molar refractivity (Wildman–Crippen MR) is 81.3 cm³/mol. The molecule has 0 aliphatic carbocycles. The summed E-state index contributed by atoms with van der Waals surface area (Å²) in [5.74, 6) is 0.452. The molecule has 0 saturated carbocycles. The van der Waals surface area contributed by atoms with E-state index < -0.39 is 0 Å². The molecule has 0 aliphatic rings. The molecule has 0 radical (unpaired) electrons. The molecule has 1 amide bonds. The van der Waals surface area contributed by atoms with Gasteiger partial charge in [-0.2, -0.15) is 0 Å². The Morgan fingerprint density at radius 3 is 2.55 bits per heavy atom. The first-order valence-electron chi connectivity index (χ1n) is 6.33. The average Bonchev–Trinajstić information content (AvgIpc) is 2.42. The lowest BCUT2D eigenvalue weighted by molar-refractivity contribution is 0.102. The van der Waals surface area contributed by atoms with Gasteiger partial charge in [0.2, 0.25) is 0 Å². The monoisotopic (exact) mass is 270 g/mol. The standard InChI is InChI=1S/C16H18N2O2/c1-10-4-7-15(20-3)14(8-10)18-16(19)12-5-6-13(17)11(2)9-12/h4-9H,17H2,1-3H3,(H,18,19). The van der Waals surface area contributed by atoms with Crippen LogP contribution in [-0.2, 0) is 0 Å². The fourth-order valence-electron chi connectivity index (χ4n) is 1.93. The summed E-state index contributed by atoms with van der Waals surface area (Å²) in [4.78, 5) is 12.2. The molecule has 0 unspecified atom stereocenters. The van der Waals surface area contributed by atoms with Crippen molar-refractivity contribution in [1.82, 2.24) is 0 Å². The van der Waals surface area contributed by atoms with Gasteiger partial charge in [0.25, 0.3) is 5.91 Å². The van der Waals surface area contributed by atoms with Crippen LogP contribution in [0, 0.1) is 13.8 Å². The van der Waals surface area contributed by atoms with Crippen molar-refractivity contribution in [2.75, 3.05) is 18.2 Å². The van der Waals surface area contributed by atoms with Gasteiger partial charge < -0.3 is 15.8 Å². The second kappa shape index (κ2) is 5.65. The molecular formula is C16H18N2O2. The minimum atomic E-state index is -0.183. The SMILES string of the molecule is COc1ccc(C)cc1NC(=O)c1ccc(N)c(C)c1. The number of rotatable bonds is 3. The Kier molecular flexibility index (Phi) is 3.94. The van der Waals surface area contributed by atoms with Gasteiger partial charge in [-0.05, 0) is 55.3 Å². The van der Waals surface area contributed by atoms with Crippen LogP contribution in [0.3, 0.4) is 0 Å². The minimum Gasteiger partial charge on any atom is -0.495 e. The van der Waals surface area contributed by atoms with Crippen molar-refractivity contribution < 1.29 is 9.53 Å². The van der Waals surface area contributed by atoms with Gasteiger partial charge in [-0.15, -0.1) is 0 Å². The van der Waals surface area contributed by atoms with E-state index in [2.05, 4.69) is 5.32 Å². The molecule has 0 aromatic heterocycles. The molecule has 2 rings (SSSR count). The third-order valence-corrected chi connectivity index (χ3v) is 3.14. The summed E-state index contributed by atoms with van der Waals surface area (Å²) in [6, 6.07) is 10.9. The summed E-state index contributed by atoms with van der Waals surface area (Å²) in [7, 11) is 1.58. The van der Waals surface area contributed by atoms with Crippen LogP contribution in [0.4, 0.5) is 11.4 Å². The van der Waals surface area contributed by atoms with Crippen LogP contribution in [0.25, 0.3) is 0 Å². The van der Waals surface area contributed by atoms with Crippen LogP contribution < -0.4 is 15.8 Å². The molecule has 104 valence electrons. The van der Waals surface area contributed by atoms with Crippen molar-refractivity contribution in [3.8, 4) is 5.75 Å². The normalized spacial score (nSPS) is 10.2. The number of hydrogen-bond donors (Lipinski definition) is 2. The zero-order chi connectivity index (χ0) is 14.7. The van der Waals surface area contributed by atoms with Crippen LogP contribution in [0.2, 0.25) is 0 Å². The average molecular weight is 270 g/mol. The number of carbonyl (C=O) groups is 1. The zero-order valence-electron chi connectivity index (χ0n) is 11.9. The van der Waals surface area contributed by atoms with E-state index in [0.717, 1.165) is 11.1 Å². The maximum absolute atomic E-state index is 12.2. The van der Waals surface area contributed by atoms with Crippen molar-refractivity contribution in [3.63, 3.8) is 0 Å². The second-order valence-electron chi connectivity index (χ2n) is 4.73. The maximum Gasteiger partial charge on any atom is 0.255 e. The van der Waals surface area contributed by atoms with Crippen molar-refractivity contribution in [3.05, 3.63) is 53.1 Å². The quantitative estimate of drug-likeness (QED) is 0.842. The van der Waals surface area contributed by atoms with E-state index in [1.165, 1.54) is 0 Å². The van der Waals surface area contributed by atoms with E-state index in [1.807, 2.05) is 32.0 Å².